The van der Waals surface area contributed by atoms with Crippen molar-refractivity contribution in [3.05, 3.63) is 48.3 Å². The zero-order valence-corrected chi connectivity index (χ0v) is 11.3. The Hall–Kier alpha value is -1.83. The van der Waals surface area contributed by atoms with Crippen LogP contribution < -0.4 is 5.73 Å². The van der Waals surface area contributed by atoms with E-state index in [1.807, 2.05) is 12.3 Å². The number of anilines is 1. The van der Waals surface area contributed by atoms with Crippen LogP contribution in [0.15, 0.2) is 42.7 Å². The first-order chi connectivity index (χ1) is 8.54. The number of hydrogen-bond acceptors (Lipinski definition) is 2. The van der Waals surface area contributed by atoms with E-state index >= 15 is 0 Å². The zero-order chi connectivity index (χ0) is 13.2. The smallest absolute Gasteiger partial charge is 0.0424 e. The van der Waals surface area contributed by atoms with Crippen molar-refractivity contribution in [1.82, 2.24) is 4.98 Å². The van der Waals surface area contributed by atoms with Crippen molar-refractivity contribution in [2.75, 3.05) is 5.73 Å². The molecular weight excluding hydrogens is 220 g/mol. The summed E-state index contributed by atoms with van der Waals surface area (Å²) in [6.07, 6.45) is 4.66. The van der Waals surface area contributed by atoms with Gasteiger partial charge in [0, 0.05) is 23.6 Å². The third kappa shape index (κ3) is 2.37. The molecule has 2 nitrogen and oxygen atoms in total. The predicted molar refractivity (Wildman–Crippen MR) is 77.4 cm³/mol. The van der Waals surface area contributed by atoms with E-state index in [1.54, 1.807) is 6.20 Å². The number of nitrogens with two attached hydrogens (primary N) is 1. The first-order valence-corrected chi connectivity index (χ1v) is 6.35. The fourth-order valence-electron chi connectivity index (χ4n) is 1.95. The van der Waals surface area contributed by atoms with Crippen molar-refractivity contribution < 1.29 is 0 Å². The summed E-state index contributed by atoms with van der Waals surface area (Å²) in [7, 11) is 0. The van der Waals surface area contributed by atoms with E-state index in [2.05, 4.69) is 50.0 Å². The van der Waals surface area contributed by atoms with Crippen LogP contribution in [0.5, 0.6) is 0 Å². The summed E-state index contributed by atoms with van der Waals surface area (Å²) in [5, 5.41) is 0. The standard InChI is InChI=1S/C16H20N2/c1-4-16(2,3)13-7-5-12(6-8-13)14-11-18-10-9-15(14)17/h5-11H,4H2,1-3H3,(H2,17,18). The third-order valence-electron chi connectivity index (χ3n) is 3.72. The molecule has 0 saturated carbocycles. The summed E-state index contributed by atoms with van der Waals surface area (Å²) in [6.45, 7) is 6.74. The summed E-state index contributed by atoms with van der Waals surface area (Å²) in [5.74, 6) is 0. The van der Waals surface area contributed by atoms with Gasteiger partial charge in [-0.2, -0.15) is 0 Å². The van der Waals surface area contributed by atoms with Gasteiger partial charge in [0.2, 0.25) is 0 Å². The molecule has 1 aromatic carbocycles. The zero-order valence-electron chi connectivity index (χ0n) is 11.3. The average Bonchev–Trinajstić information content (AvgIpc) is 2.39. The molecule has 2 aromatic rings. The Bertz CT molecular complexity index is 527. The average molecular weight is 240 g/mol. The Morgan fingerprint density at radius 2 is 1.78 bits per heavy atom. The van der Waals surface area contributed by atoms with E-state index in [0.29, 0.717) is 0 Å². The second-order valence-electron chi connectivity index (χ2n) is 5.28. The van der Waals surface area contributed by atoms with Crippen LogP contribution in [-0.2, 0) is 5.41 Å². The molecule has 94 valence electrons. The van der Waals surface area contributed by atoms with Gasteiger partial charge < -0.3 is 5.73 Å². The van der Waals surface area contributed by atoms with Gasteiger partial charge in [-0.05, 0) is 29.0 Å². The van der Waals surface area contributed by atoms with Gasteiger partial charge in [0.15, 0.2) is 0 Å². The second kappa shape index (κ2) is 4.81. The van der Waals surface area contributed by atoms with Gasteiger partial charge in [0.05, 0.1) is 0 Å². The van der Waals surface area contributed by atoms with Crippen molar-refractivity contribution in [3.63, 3.8) is 0 Å². The van der Waals surface area contributed by atoms with E-state index in [0.717, 1.165) is 23.2 Å². The SMILES string of the molecule is CCC(C)(C)c1ccc(-c2cnccc2N)cc1. The quantitative estimate of drug-likeness (QED) is 0.880. The van der Waals surface area contributed by atoms with Crippen LogP contribution in [0.3, 0.4) is 0 Å². The minimum absolute atomic E-state index is 0.221. The molecular formula is C16H20N2. The molecule has 2 rings (SSSR count). The van der Waals surface area contributed by atoms with Gasteiger partial charge in [-0.1, -0.05) is 45.0 Å². The Morgan fingerprint density at radius 3 is 2.33 bits per heavy atom. The van der Waals surface area contributed by atoms with Gasteiger partial charge in [0.1, 0.15) is 0 Å². The fraction of sp³-hybridized carbons (Fsp3) is 0.312. The van der Waals surface area contributed by atoms with E-state index in [9.17, 15) is 0 Å². The largest absolute Gasteiger partial charge is 0.398 e. The van der Waals surface area contributed by atoms with Crippen molar-refractivity contribution in [2.45, 2.75) is 32.6 Å². The molecule has 18 heavy (non-hydrogen) atoms. The molecule has 0 fully saturated rings. The second-order valence-corrected chi connectivity index (χ2v) is 5.28. The molecule has 2 N–H and O–H groups in total. The summed E-state index contributed by atoms with van der Waals surface area (Å²) in [5.41, 5.74) is 10.4. The normalized spacial score (nSPS) is 11.5. The topological polar surface area (TPSA) is 38.9 Å². The lowest BCUT2D eigenvalue weighted by molar-refractivity contribution is 0.506. The number of rotatable bonds is 3. The number of nitrogen functional groups attached to an aromatic ring is 1. The van der Waals surface area contributed by atoms with Crippen LogP contribution in [0.2, 0.25) is 0 Å². The molecule has 0 amide bonds. The van der Waals surface area contributed by atoms with Crippen molar-refractivity contribution in [2.24, 2.45) is 0 Å². The number of aromatic nitrogens is 1. The van der Waals surface area contributed by atoms with Gasteiger partial charge >= 0.3 is 0 Å². The minimum Gasteiger partial charge on any atom is -0.398 e. The highest BCUT2D eigenvalue weighted by Gasteiger charge is 2.17. The molecule has 1 aromatic heterocycles. The van der Waals surface area contributed by atoms with E-state index in [4.69, 9.17) is 5.73 Å². The fourth-order valence-corrected chi connectivity index (χ4v) is 1.95. The van der Waals surface area contributed by atoms with Gasteiger partial charge in [-0.15, -0.1) is 0 Å². The Kier molecular flexibility index (Phi) is 3.37. The number of hydrogen-bond donors (Lipinski definition) is 1. The van der Waals surface area contributed by atoms with Crippen molar-refractivity contribution in [3.8, 4) is 11.1 Å². The monoisotopic (exact) mass is 240 g/mol. The molecule has 2 heteroatoms. The molecule has 1 heterocycles. The summed E-state index contributed by atoms with van der Waals surface area (Å²) in [6, 6.07) is 10.5. The Labute approximate surface area is 109 Å². The first-order valence-electron chi connectivity index (χ1n) is 6.35. The maximum atomic E-state index is 5.96. The number of benzene rings is 1. The van der Waals surface area contributed by atoms with Gasteiger partial charge in [0.25, 0.3) is 0 Å². The molecule has 0 atom stereocenters. The van der Waals surface area contributed by atoms with Crippen LogP contribution in [0, 0.1) is 0 Å². The van der Waals surface area contributed by atoms with Crippen molar-refractivity contribution >= 4 is 5.69 Å². The molecule has 0 spiro atoms. The molecule has 0 aliphatic carbocycles. The van der Waals surface area contributed by atoms with Crippen LogP contribution >= 0.6 is 0 Å². The molecule has 0 bridgehead atoms. The van der Waals surface area contributed by atoms with Gasteiger partial charge in [-0.25, -0.2) is 0 Å². The molecule has 0 saturated heterocycles. The molecule has 0 aliphatic heterocycles. The summed E-state index contributed by atoms with van der Waals surface area (Å²) in [4.78, 5) is 4.13. The van der Waals surface area contributed by atoms with Crippen LogP contribution in [-0.4, -0.2) is 4.98 Å². The maximum Gasteiger partial charge on any atom is 0.0424 e. The number of nitrogens with zero attached hydrogens (tertiary/aromatic N) is 1. The molecule has 0 aliphatic rings. The molecule has 0 radical (unpaired) electrons. The summed E-state index contributed by atoms with van der Waals surface area (Å²) >= 11 is 0. The van der Waals surface area contributed by atoms with Gasteiger partial charge in [-0.3, -0.25) is 4.98 Å². The first kappa shape index (κ1) is 12.6. The van der Waals surface area contributed by atoms with Crippen LogP contribution in [0.25, 0.3) is 11.1 Å². The summed E-state index contributed by atoms with van der Waals surface area (Å²) < 4.78 is 0. The highest BCUT2D eigenvalue weighted by molar-refractivity contribution is 5.75. The Balaban J connectivity index is 2.37. The van der Waals surface area contributed by atoms with E-state index < -0.39 is 0 Å². The molecule has 0 unspecified atom stereocenters. The highest BCUT2D eigenvalue weighted by Crippen LogP contribution is 2.30. The van der Waals surface area contributed by atoms with Crippen LogP contribution in [0.1, 0.15) is 32.8 Å². The van der Waals surface area contributed by atoms with Crippen LogP contribution in [0.4, 0.5) is 5.69 Å². The highest BCUT2D eigenvalue weighted by atomic mass is 14.7. The minimum atomic E-state index is 0.221. The lowest BCUT2D eigenvalue weighted by Crippen LogP contribution is -2.14. The van der Waals surface area contributed by atoms with E-state index in [1.165, 1.54) is 5.56 Å². The maximum absolute atomic E-state index is 5.96. The predicted octanol–water partition coefficient (Wildman–Crippen LogP) is 4.02. The van der Waals surface area contributed by atoms with Crippen molar-refractivity contribution in [1.29, 1.82) is 0 Å². The lowest BCUT2D eigenvalue weighted by Gasteiger charge is -2.23. The third-order valence-corrected chi connectivity index (χ3v) is 3.72. The van der Waals surface area contributed by atoms with E-state index in [-0.39, 0.29) is 5.41 Å². The number of pyridine rings is 1. The Morgan fingerprint density at radius 1 is 1.11 bits per heavy atom. The lowest BCUT2D eigenvalue weighted by atomic mass is 9.82.